The number of nitrogens with zero attached hydrogens (tertiary/aromatic N) is 1. The number of carbonyl (C=O) groups excluding carboxylic acids is 2. The zero-order chi connectivity index (χ0) is 18.4. The minimum Gasteiger partial charge on any atom is -0.345 e. The average Bonchev–Trinajstić information content (AvgIpc) is 3.17. The molecule has 0 spiro atoms. The highest BCUT2D eigenvalue weighted by Gasteiger charge is 2.30. The third-order valence-corrected chi connectivity index (χ3v) is 4.89. The second kappa shape index (κ2) is 8.63. The Labute approximate surface area is 154 Å². The van der Waals surface area contributed by atoms with Crippen molar-refractivity contribution < 1.29 is 9.59 Å². The molecule has 3 rings (SSSR count). The Morgan fingerprint density at radius 1 is 1.08 bits per heavy atom. The summed E-state index contributed by atoms with van der Waals surface area (Å²) < 4.78 is 0. The predicted molar refractivity (Wildman–Crippen MR) is 101 cm³/mol. The third-order valence-electron chi connectivity index (χ3n) is 4.89. The van der Waals surface area contributed by atoms with Gasteiger partial charge >= 0.3 is 0 Å². The van der Waals surface area contributed by atoms with Crippen molar-refractivity contribution in [1.82, 2.24) is 10.2 Å². The fourth-order valence-electron chi connectivity index (χ4n) is 3.47. The van der Waals surface area contributed by atoms with Crippen LogP contribution in [0.4, 0.5) is 0 Å². The molecule has 2 aromatic rings. The molecule has 26 heavy (non-hydrogen) atoms. The van der Waals surface area contributed by atoms with Gasteiger partial charge in [-0.05, 0) is 30.5 Å². The van der Waals surface area contributed by atoms with Crippen molar-refractivity contribution >= 4 is 11.8 Å². The molecule has 1 saturated heterocycles. The number of likely N-dealkylation sites (tertiary alicyclic amines) is 1. The molecule has 0 radical (unpaired) electrons. The van der Waals surface area contributed by atoms with Crippen LogP contribution in [0.5, 0.6) is 0 Å². The van der Waals surface area contributed by atoms with Gasteiger partial charge in [0.2, 0.25) is 5.91 Å². The smallest absolute Gasteiger partial charge is 0.251 e. The average molecular weight is 351 g/mol. The van der Waals surface area contributed by atoms with Crippen molar-refractivity contribution in [2.45, 2.75) is 31.3 Å². The van der Waals surface area contributed by atoms with Crippen molar-refractivity contribution in [3.05, 3.63) is 71.8 Å². The molecule has 1 fully saturated rings. The Bertz CT molecular complexity index is 733. The molecular formula is C21H25N3O2. The molecule has 2 aromatic carbocycles. The monoisotopic (exact) mass is 351 g/mol. The van der Waals surface area contributed by atoms with E-state index < -0.39 is 0 Å². The maximum atomic E-state index is 12.8. The van der Waals surface area contributed by atoms with Gasteiger partial charge in [0.25, 0.3) is 5.91 Å². The van der Waals surface area contributed by atoms with Crippen LogP contribution in [0.15, 0.2) is 60.7 Å². The summed E-state index contributed by atoms with van der Waals surface area (Å²) >= 11 is 0. The van der Waals surface area contributed by atoms with E-state index in [1.807, 2.05) is 53.4 Å². The lowest BCUT2D eigenvalue weighted by molar-refractivity contribution is -0.132. The van der Waals surface area contributed by atoms with Gasteiger partial charge in [0.05, 0.1) is 12.5 Å². The van der Waals surface area contributed by atoms with E-state index in [0.29, 0.717) is 12.1 Å². The van der Waals surface area contributed by atoms with E-state index in [4.69, 9.17) is 5.73 Å². The number of nitrogens with one attached hydrogen (secondary N) is 1. The maximum Gasteiger partial charge on any atom is 0.251 e. The van der Waals surface area contributed by atoms with E-state index in [2.05, 4.69) is 5.32 Å². The minimum atomic E-state index is -0.365. The van der Waals surface area contributed by atoms with Crippen molar-refractivity contribution in [2.75, 3.05) is 13.1 Å². The molecule has 2 amide bonds. The molecule has 3 N–H and O–H groups in total. The normalized spacial score (nSPS) is 17.7. The first kappa shape index (κ1) is 18.1. The molecule has 136 valence electrons. The van der Waals surface area contributed by atoms with Crippen molar-refractivity contribution in [3.8, 4) is 0 Å². The molecule has 1 aliphatic heterocycles. The Balaban J connectivity index is 1.76. The number of amides is 2. The van der Waals surface area contributed by atoms with Crippen molar-refractivity contribution in [3.63, 3.8) is 0 Å². The molecule has 0 bridgehead atoms. The topological polar surface area (TPSA) is 75.4 Å². The number of hydrogen-bond acceptors (Lipinski definition) is 3. The van der Waals surface area contributed by atoms with Gasteiger partial charge in [-0.15, -0.1) is 0 Å². The summed E-state index contributed by atoms with van der Waals surface area (Å²) in [7, 11) is 0. The molecule has 0 aromatic heterocycles. The number of rotatable bonds is 6. The van der Waals surface area contributed by atoms with E-state index in [9.17, 15) is 9.59 Å². The highest BCUT2D eigenvalue weighted by atomic mass is 16.2. The number of benzene rings is 2. The van der Waals surface area contributed by atoms with E-state index in [1.165, 1.54) is 0 Å². The molecule has 1 heterocycles. The van der Waals surface area contributed by atoms with Crippen LogP contribution in [0.3, 0.4) is 0 Å². The third kappa shape index (κ3) is 4.29. The van der Waals surface area contributed by atoms with Gasteiger partial charge in [-0.3, -0.25) is 9.59 Å². The van der Waals surface area contributed by atoms with Crippen molar-refractivity contribution in [1.29, 1.82) is 0 Å². The van der Waals surface area contributed by atoms with Crippen LogP contribution in [-0.4, -0.2) is 35.8 Å². The van der Waals surface area contributed by atoms with Crippen LogP contribution >= 0.6 is 0 Å². The lowest BCUT2D eigenvalue weighted by Crippen LogP contribution is -2.42. The van der Waals surface area contributed by atoms with Crippen LogP contribution in [0.25, 0.3) is 0 Å². The molecule has 5 nitrogen and oxygen atoms in total. The molecule has 0 saturated carbocycles. The summed E-state index contributed by atoms with van der Waals surface area (Å²) in [5.41, 5.74) is 7.31. The van der Waals surface area contributed by atoms with E-state index in [1.54, 1.807) is 12.1 Å². The summed E-state index contributed by atoms with van der Waals surface area (Å²) in [5, 5.41) is 3.02. The Kier molecular flexibility index (Phi) is 6.02. The number of carbonyl (C=O) groups is 2. The Morgan fingerprint density at radius 2 is 1.73 bits per heavy atom. The largest absolute Gasteiger partial charge is 0.345 e. The maximum absolute atomic E-state index is 12.8. The summed E-state index contributed by atoms with van der Waals surface area (Å²) in [6, 6.07) is 18.4. The highest BCUT2D eigenvalue weighted by molar-refractivity contribution is 5.94. The molecular weight excluding hydrogens is 326 g/mol. The lowest BCUT2D eigenvalue weighted by Gasteiger charge is -2.26. The Hall–Kier alpha value is -2.66. The van der Waals surface area contributed by atoms with Crippen LogP contribution in [0.1, 0.15) is 41.2 Å². The van der Waals surface area contributed by atoms with Crippen LogP contribution in [0, 0.1) is 0 Å². The summed E-state index contributed by atoms with van der Waals surface area (Å²) in [4.78, 5) is 27.3. The highest BCUT2D eigenvalue weighted by Crippen LogP contribution is 2.23. The Morgan fingerprint density at radius 3 is 2.38 bits per heavy atom. The second-order valence-electron chi connectivity index (χ2n) is 6.63. The zero-order valence-corrected chi connectivity index (χ0v) is 14.8. The molecule has 2 unspecified atom stereocenters. The minimum absolute atomic E-state index is 0.0418. The van der Waals surface area contributed by atoms with E-state index in [0.717, 1.165) is 24.9 Å². The molecule has 5 heteroatoms. The van der Waals surface area contributed by atoms with E-state index >= 15 is 0 Å². The quantitative estimate of drug-likeness (QED) is 0.840. The summed E-state index contributed by atoms with van der Waals surface area (Å²) in [6.07, 6.45) is 2.17. The van der Waals surface area contributed by atoms with Gasteiger partial charge in [0.15, 0.2) is 0 Å². The van der Waals surface area contributed by atoms with Crippen molar-refractivity contribution in [2.24, 2.45) is 5.73 Å². The predicted octanol–water partition coefficient (Wildman–Crippen LogP) is 2.50. The SMILES string of the molecule is NCC1CCCN1C(=O)CC(NC(=O)c1ccccc1)c1ccccc1. The van der Waals surface area contributed by atoms with E-state index in [-0.39, 0.29) is 30.3 Å². The van der Waals surface area contributed by atoms with Gasteiger partial charge in [-0.1, -0.05) is 48.5 Å². The summed E-state index contributed by atoms with van der Waals surface area (Å²) in [6.45, 7) is 1.23. The first-order valence-electron chi connectivity index (χ1n) is 9.09. The number of hydrogen-bond donors (Lipinski definition) is 2. The first-order chi connectivity index (χ1) is 12.7. The molecule has 0 aliphatic carbocycles. The first-order valence-corrected chi connectivity index (χ1v) is 9.09. The second-order valence-corrected chi connectivity index (χ2v) is 6.63. The van der Waals surface area contributed by atoms with Crippen LogP contribution in [0.2, 0.25) is 0 Å². The lowest BCUT2D eigenvalue weighted by atomic mass is 10.0. The van der Waals surface area contributed by atoms with Gasteiger partial charge in [-0.2, -0.15) is 0 Å². The van der Waals surface area contributed by atoms with Gasteiger partial charge in [-0.25, -0.2) is 0 Å². The van der Waals surface area contributed by atoms with Gasteiger partial charge < -0.3 is 16.0 Å². The van der Waals surface area contributed by atoms with Gasteiger partial charge in [0.1, 0.15) is 0 Å². The fourth-order valence-corrected chi connectivity index (χ4v) is 3.47. The molecule has 1 aliphatic rings. The van der Waals surface area contributed by atoms with Gasteiger partial charge in [0, 0.05) is 24.7 Å². The fraction of sp³-hybridized carbons (Fsp3) is 0.333. The summed E-state index contributed by atoms with van der Waals surface area (Å²) in [5.74, 6) is -0.135. The molecule has 2 atom stereocenters. The zero-order valence-electron chi connectivity index (χ0n) is 14.8. The number of nitrogens with two attached hydrogens (primary N) is 1. The van der Waals surface area contributed by atoms with Crippen LogP contribution in [-0.2, 0) is 4.79 Å². The standard InChI is InChI=1S/C21H25N3O2/c22-15-18-12-7-13-24(18)20(25)14-19(16-8-3-1-4-9-16)23-21(26)17-10-5-2-6-11-17/h1-6,8-11,18-19H,7,12-15,22H2,(H,23,26). The van der Waals surface area contributed by atoms with Crippen LogP contribution < -0.4 is 11.1 Å².